The van der Waals surface area contributed by atoms with Crippen molar-refractivity contribution in [2.45, 2.75) is 25.7 Å². The second-order valence-electron chi connectivity index (χ2n) is 3.79. The molecule has 0 aromatic carbocycles. The van der Waals surface area contributed by atoms with Crippen molar-refractivity contribution >= 4 is 0 Å². The van der Waals surface area contributed by atoms with Crippen LogP contribution < -0.4 is 0 Å². The van der Waals surface area contributed by atoms with Crippen molar-refractivity contribution in [1.82, 2.24) is 0 Å². The van der Waals surface area contributed by atoms with E-state index in [2.05, 4.69) is 0 Å². The lowest BCUT2D eigenvalue weighted by molar-refractivity contribution is 0.130. The van der Waals surface area contributed by atoms with Crippen molar-refractivity contribution in [3.05, 3.63) is 0 Å². The van der Waals surface area contributed by atoms with Crippen LogP contribution in [-0.4, -0.2) is 13.7 Å². The summed E-state index contributed by atoms with van der Waals surface area (Å²) in [6.45, 7) is 1.02. The van der Waals surface area contributed by atoms with Gasteiger partial charge in [0.2, 0.25) is 0 Å². The summed E-state index contributed by atoms with van der Waals surface area (Å²) >= 11 is 0. The molecule has 2 saturated carbocycles. The second-order valence-corrected chi connectivity index (χ2v) is 3.79. The standard InChI is InChI=1S/C9H16O/c1-10-6-9(7-2-3-7)8-4-5-8/h7-9H,2-6H2,1H3. The van der Waals surface area contributed by atoms with E-state index in [1.54, 1.807) is 0 Å². The number of hydrogen-bond donors (Lipinski definition) is 0. The topological polar surface area (TPSA) is 9.23 Å². The maximum absolute atomic E-state index is 5.21. The molecule has 2 rings (SSSR count). The van der Waals surface area contributed by atoms with Crippen LogP contribution in [0.25, 0.3) is 0 Å². The fourth-order valence-electron chi connectivity index (χ4n) is 1.90. The van der Waals surface area contributed by atoms with Crippen molar-refractivity contribution in [2.75, 3.05) is 13.7 Å². The van der Waals surface area contributed by atoms with E-state index in [1.807, 2.05) is 7.11 Å². The molecule has 10 heavy (non-hydrogen) atoms. The third kappa shape index (κ3) is 1.34. The minimum Gasteiger partial charge on any atom is -0.384 e. The number of hydrogen-bond acceptors (Lipinski definition) is 1. The molecule has 0 saturated heterocycles. The Bertz CT molecular complexity index is 102. The van der Waals surface area contributed by atoms with Gasteiger partial charge in [0.1, 0.15) is 0 Å². The zero-order valence-electron chi connectivity index (χ0n) is 6.68. The smallest absolute Gasteiger partial charge is 0.0495 e. The number of ether oxygens (including phenoxy) is 1. The highest BCUT2D eigenvalue weighted by Gasteiger charge is 2.40. The van der Waals surface area contributed by atoms with Gasteiger partial charge in [0, 0.05) is 13.7 Å². The lowest BCUT2D eigenvalue weighted by Crippen LogP contribution is -2.12. The lowest BCUT2D eigenvalue weighted by atomic mass is 9.99. The molecule has 0 atom stereocenters. The molecule has 58 valence electrons. The summed E-state index contributed by atoms with van der Waals surface area (Å²) < 4.78 is 5.21. The third-order valence-electron chi connectivity index (χ3n) is 2.81. The normalized spacial score (nSPS) is 25.8. The molecule has 1 heteroatoms. The molecule has 0 bridgehead atoms. The molecule has 0 heterocycles. The van der Waals surface area contributed by atoms with E-state index in [0.29, 0.717) is 0 Å². The van der Waals surface area contributed by atoms with Gasteiger partial charge in [-0.25, -0.2) is 0 Å². The van der Waals surface area contributed by atoms with Crippen molar-refractivity contribution in [2.24, 2.45) is 17.8 Å². The first kappa shape index (κ1) is 6.66. The van der Waals surface area contributed by atoms with Crippen LogP contribution in [0.3, 0.4) is 0 Å². The summed E-state index contributed by atoms with van der Waals surface area (Å²) in [6, 6.07) is 0. The van der Waals surface area contributed by atoms with Gasteiger partial charge in [0.15, 0.2) is 0 Å². The van der Waals surface area contributed by atoms with E-state index < -0.39 is 0 Å². The van der Waals surface area contributed by atoms with Gasteiger partial charge in [-0.05, 0) is 43.4 Å². The molecule has 0 aromatic heterocycles. The van der Waals surface area contributed by atoms with Gasteiger partial charge in [0.25, 0.3) is 0 Å². The predicted molar refractivity (Wildman–Crippen MR) is 40.8 cm³/mol. The van der Waals surface area contributed by atoms with Crippen LogP contribution in [0.5, 0.6) is 0 Å². The molecule has 2 fully saturated rings. The van der Waals surface area contributed by atoms with E-state index >= 15 is 0 Å². The van der Waals surface area contributed by atoms with Gasteiger partial charge in [-0.15, -0.1) is 0 Å². The van der Waals surface area contributed by atoms with Crippen LogP contribution in [0.4, 0.5) is 0 Å². The van der Waals surface area contributed by atoms with Crippen molar-refractivity contribution in [3.8, 4) is 0 Å². The van der Waals surface area contributed by atoms with Gasteiger partial charge >= 0.3 is 0 Å². The highest BCUT2D eigenvalue weighted by atomic mass is 16.5. The quantitative estimate of drug-likeness (QED) is 0.581. The average molecular weight is 140 g/mol. The largest absolute Gasteiger partial charge is 0.384 e. The second kappa shape index (κ2) is 2.54. The maximum Gasteiger partial charge on any atom is 0.0495 e. The Kier molecular flexibility index (Phi) is 1.69. The van der Waals surface area contributed by atoms with E-state index in [1.165, 1.54) is 25.7 Å². The Labute approximate surface area is 62.8 Å². The van der Waals surface area contributed by atoms with Gasteiger partial charge < -0.3 is 4.74 Å². The SMILES string of the molecule is COCC(C1CC1)C1CC1. The van der Waals surface area contributed by atoms with E-state index in [-0.39, 0.29) is 0 Å². The molecule has 0 amide bonds. The lowest BCUT2D eigenvalue weighted by Gasteiger charge is -2.12. The summed E-state index contributed by atoms with van der Waals surface area (Å²) in [6.07, 6.45) is 5.91. The predicted octanol–water partition coefficient (Wildman–Crippen LogP) is 2.07. The van der Waals surface area contributed by atoms with Gasteiger partial charge in [0.05, 0.1) is 0 Å². The first-order valence-corrected chi connectivity index (χ1v) is 4.40. The third-order valence-corrected chi connectivity index (χ3v) is 2.81. The van der Waals surface area contributed by atoms with Gasteiger partial charge in [-0.3, -0.25) is 0 Å². The zero-order valence-corrected chi connectivity index (χ0v) is 6.68. The summed E-state index contributed by atoms with van der Waals surface area (Å²) in [5, 5.41) is 0. The van der Waals surface area contributed by atoms with E-state index in [0.717, 1.165) is 24.4 Å². The Balaban J connectivity index is 1.80. The minimum absolute atomic E-state index is 0.935. The molecule has 0 unspecified atom stereocenters. The molecule has 0 spiro atoms. The van der Waals surface area contributed by atoms with Gasteiger partial charge in [-0.2, -0.15) is 0 Å². The van der Waals surface area contributed by atoms with Crippen LogP contribution in [-0.2, 0) is 4.74 Å². The van der Waals surface area contributed by atoms with Crippen molar-refractivity contribution < 1.29 is 4.74 Å². The molecule has 0 aliphatic heterocycles. The van der Waals surface area contributed by atoms with Crippen LogP contribution in [0.2, 0.25) is 0 Å². The monoisotopic (exact) mass is 140 g/mol. The molecule has 0 aromatic rings. The fraction of sp³-hybridized carbons (Fsp3) is 1.00. The van der Waals surface area contributed by atoms with Crippen LogP contribution in [0.15, 0.2) is 0 Å². The summed E-state index contributed by atoms with van der Waals surface area (Å²) in [5.41, 5.74) is 0. The highest BCUT2D eigenvalue weighted by molar-refractivity contribution is 4.91. The van der Waals surface area contributed by atoms with Crippen molar-refractivity contribution in [3.63, 3.8) is 0 Å². The molecule has 2 aliphatic carbocycles. The van der Waals surface area contributed by atoms with Crippen LogP contribution in [0.1, 0.15) is 25.7 Å². The molecular weight excluding hydrogens is 124 g/mol. The average Bonchev–Trinajstić information content (AvgIpc) is 2.77. The Morgan fingerprint density at radius 1 is 1.20 bits per heavy atom. The molecule has 1 nitrogen and oxygen atoms in total. The molecular formula is C9H16O. The number of rotatable bonds is 4. The Morgan fingerprint density at radius 2 is 1.70 bits per heavy atom. The first-order chi connectivity index (χ1) is 4.92. The number of methoxy groups -OCH3 is 1. The Hall–Kier alpha value is -0.0400. The first-order valence-electron chi connectivity index (χ1n) is 4.40. The van der Waals surface area contributed by atoms with Gasteiger partial charge in [-0.1, -0.05) is 0 Å². The van der Waals surface area contributed by atoms with Crippen LogP contribution >= 0.6 is 0 Å². The van der Waals surface area contributed by atoms with Crippen molar-refractivity contribution in [1.29, 1.82) is 0 Å². The Morgan fingerprint density at radius 3 is 2.00 bits per heavy atom. The highest BCUT2D eigenvalue weighted by Crippen LogP contribution is 2.49. The van der Waals surface area contributed by atoms with Crippen LogP contribution in [0, 0.1) is 17.8 Å². The molecule has 2 aliphatic rings. The van der Waals surface area contributed by atoms with E-state index in [9.17, 15) is 0 Å². The maximum atomic E-state index is 5.21. The fourth-order valence-corrected chi connectivity index (χ4v) is 1.90. The van der Waals surface area contributed by atoms with E-state index in [4.69, 9.17) is 4.74 Å². The molecule has 0 radical (unpaired) electrons. The zero-order chi connectivity index (χ0) is 6.97. The molecule has 0 N–H and O–H groups in total. The summed E-state index contributed by atoms with van der Waals surface area (Å²) in [4.78, 5) is 0. The minimum atomic E-state index is 0.935. The summed E-state index contributed by atoms with van der Waals surface area (Å²) in [7, 11) is 1.83. The summed E-state index contributed by atoms with van der Waals surface area (Å²) in [5.74, 6) is 3.03.